The molecule has 1 unspecified atom stereocenters. The van der Waals surface area contributed by atoms with Crippen molar-refractivity contribution >= 4 is 18.0 Å². The second kappa shape index (κ2) is 5.53. The first-order valence-corrected chi connectivity index (χ1v) is 5.82. The summed E-state index contributed by atoms with van der Waals surface area (Å²) >= 11 is 0. The Morgan fingerprint density at radius 1 is 1.56 bits per heavy atom. The van der Waals surface area contributed by atoms with Crippen molar-refractivity contribution in [2.45, 2.75) is 18.9 Å². The topological polar surface area (TPSA) is 59.8 Å². The second-order valence-corrected chi connectivity index (χ2v) is 4.06. The number of hydrogen-bond acceptors (Lipinski definition) is 4. The lowest BCUT2D eigenvalue weighted by Gasteiger charge is -2.20. The molecule has 1 aliphatic rings. The average Bonchev–Trinajstić information content (AvgIpc) is 3.05. The normalized spacial score (nSPS) is 19.4. The van der Waals surface area contributed by atoms with Gasteiger partial charge in [-0.1, -0.05) is 0 Å². The van der Waals surface area contributed by atoms with Crippen LogP contribution in [0.4, 0.5) is 0 Å². The fourth-order valence-corrected chi connectivity index (χ4v) is 2.05. The largest absolute Gasteiger partial charge is 0.467 e. The summed E-state index contributed by atoms with van der Waals surface area (Å²) < 4.78 is 9.78. The lowest BCUT2D eigenvalue weighted by atomic mass is 10.2. The highest BCUT2D eigenvalue weighted by atomic mass is 16.5. The molecule has 1 aliphatic heterocycles. The van der Waals surface area contributed by atoms with Gasteiger partial charge in [0.1, 0.15) is 11.8 Å². The van der Waals surface area contributed by atoms with Crippen LogP contribution >= 0.6 is 0 Å². The summed E-state index contributed by atoms with van der Waals surface area (Å²) in [5.74, 6) is 0.0590. The third-order valence-electron chi connectivity index (χ3n) is 2.94. The first-order valence-electron chi connectivity index (χ1n) is 5.82. The molecule has 2 rings (SSSR count). The number of rotatable bonds is 3. The molecular formula is C13H15NO4. The molecule has 0 aliphatic carbocycles. The summed E-state index contributed by atoms with van der Waals surface area (Å²) in [7, 11) is 1.34. The van der Waals surface area contributed by atoms with Crippen LogP contribution in [0.1, 0.15) is 18.6 Å². The van der Waals surface area contributed by atoms with Crippen molar-refractivity contribution in [1.82, 2.24) is 4.90 Å². The van der Waals surface area contributed by atoms with E-state index >= 15 is 0 Å². The Balaban J connectivity index is 2.02. The summed E-state index contributed by atoms with van der Waals surface area (Å²) in [6.45, 7) is 0.584. The van der Waals surface area contributed by atoms with E-state index in [-0.39, 0.29) is 11.9 Å². The number of nitrogens with zero attached hydrogens (tertiary/aromatic N) is 1. The molecule has 1 saturated heterocycles. The highest BCUT2D eigenvalue weighted by molar-refractivity contribution is 5.94. The lowest BCUT2D eigenvalue weighted by molar-refractivity contribution is -0.149. The molecule has 0 bridgehead atoms. The molecule has 0 N–H and O–H groups in total. The van der Waals surface area contributed by atoms with Gasteiger partial charge in [0, 0.05) is 12.6 Å². The first-order chi connectivity index (χ1) is 8.72. The van der Waals surface area contributed by atoms with Gasteiger partial charge >= 0.3 is 5.97 Å². The van der Waals surface area contributed by atoms with Gasteiger partial charge in [-0.05, 0) is 31.1 Å². The number of esters is 1. The SMILES string of the molecule is COC(=O)C1CCCN1C(=O)/C=C/c1ccco1. The smallest absolute Gasteiger partial charge is 0.328 e. The van der Waals surface area contributed by atoms with Crippen LogP contribution in [0.15, 0.2) is 28.9 Å². The monoisotopic (exact) mass is 249 g/mol. The van der Waals surface area contributed by atoms with E-state index in [0.717, 1.165) is 6.42 Å². The number of likely N-dealkylation sites (tertiary alicyclic amines) is 1. The van der Waals surface area contributed by atoms with Crippen LogP contribution in [0.5, 0.6) is 0 Å². The van der Waals surface area contributed by atoms with E-state index in [1.807, 2.05) is 0 Å². The number of hydrogen-bond donors (Lipinski definition) is 0. The van der Waals surface area contributed by atoms with Crippen molar-refractivity contribution in [2.24, 2.45) is 0 Å². The zero-order valence-corrected chi connectivity index (χ0v) is 10.2. The fourth-order valence-electron chi connectivity index (χ4n) is 2.05. The Labute approximate surface area is 105 Å². The third kappa shape index (κ3) is 2.61. The molecule has 1 amide bonds. The van der Waals surface area contributed by atoms with Gasteiger partial charge < -0.3 is 14.1 Å². The highest BCUT2D eigenvalue weighted by Gasteiger charge is 2.33. The molecule has 0 spiro atoms. The van der Waals surface area contributed by atoms with Gasteiger partial charge in [0.25, 0.3) is 0 Å². The lowest BCUT2D eigenvalue weighted by Crippen LogP contribution is -2.40. The molecule has 0 radical (unpaired) electrons. The number of furan rings is 1. The third-order valence-corrected chi connectivity index (χ3v) is 2.94. The summed E-state index contributed by atoms with van der Waals surface area (Å²) in [5, 5.41) is 0. The molecule has 1 atom stereocenters. The van der Waals surface area contributed by atoms with E-state index in [9.17, 15) is 9.59 Å². The summed E-state index contributed by atoms with van der Waals surface area (Å²) in [6, 6.07) is 3.05. The van der Waals surface area contributed by atoms with Crippen molar-refractivity contribution in [1.29, 1.82) is 0 Å². The number of amides is 1. The van der Waals surface area contributed by atoms with Gasteiger partial charge in [-0.25, -0.2) is 4.79 Å². The average molecular weight is 249 g/mol. The number of carbonyl (C=O) groups is 2. The standard InChI is InChI=1S/C13H15NO4/c1-17-13(16)11-5-2-8-14(11)12(15)7-6-10-4-3-9-18-10/h3-4,6-7,9,11H,2,5,8H2,1H3/b7-6+. The Hall–Kier alpha value is -2.04. The van der Waals surface area contributed by atoms with Crippen LogP contribution in [0, 0.1) is 0 Å². The maximum atomic E-state index is 12.0. The van der Waals surface area contributed by atoms with Crippen molar-refractivity contribution in [3.63, 3.8) is 0 Å². The van der Waals surface area contributed by atoms with Crippen LogP contribution in [0.2, 0.25) is 0 Å². The van der Waals surface area contributed by atoms with Crippen molar-refractivity contribution in [2.75, 3.05) is 13.7 Å². The minimum atomic E-state index is -0.455. The highest BCUT2D eigenvalue weighted by Crippen LogP contribution is 2.19. The first kappa shape index (κ1) is 12.4. The van der Waals surface area contributed by atoms with Crippen molar-refractivity contribution in [3.8, 4) is 0 Å². The van der Waals surface area contributed by atoms with Crippen molar-refractivity contribution < 1.29 is 18.7 Å². The van der Waals surface area contributed by atoms with E-state index in [2.05, 4.69) is 4.74 Å². The zero-order chi connectivity index (χ0) is 13.0. The minimum absolute atomic E-state index is 0.195. The molecule has 18 heavy (non-hydrogen) atoms. The van der Waals surface area contributed by atoms with Gasteiger partial charge in [-0.3, -0.25) is 4.79 Å². The Morgan fingerprint density at radius 3 is 3.06 bits per heavy atom. The molecule has 5 heteroatoms. The van der Waals surface area contributed by atoms with E-state index in [4.69, 9.17) is 4.42 Å². The van der Waals surface area contributed by atoms with Crippen LogP contribution in [0.25, 0.3) is 6.08 Å². The molecule has 96 valence electrons. The predicted octanol–water partition coefficient (Wildman–Crippen LogP) is 1.46. The molecule has 1 aromatic heterocycles. The van der Waals surface area contributed by atoms with Gasteiger partial charge in [0.15, 0.2) is 0 Å². The van der Waals surface area contributed by atoms with E-state index in [1.54, 1.807) is 18.2 Å². The minimum Gasteiger partial charge on any atom is -0.467 e. The molecule has 2 heterocycles. The molecule has 0 saturated carbocycles. The zero-order valence-electron chi connectivity index (χ0n) is 10.2. The van der Waals surface area contributed by atoms with E-state index in [1.165, 1.54) is 24.3 Å². The summed E-state index contributed by atoms with van der Waals surface area (Å²) in [6.07, 6.45) is 6.03. The molecule has 0 aromatic carbocycles. The van der Waals surface area contributed by atoms with E-state index < -0.39 is 6.04 Å². The van der Waals surface area contributed by atoms with Crippen molar-refractivity contribution in [3.05, 3.63) is 30.2 Å². The van der Waals surface area contributed by atoms with Crippen LogP contribution < -0.4 is 0 Å². The van der Waals surface area contributed by atoms with E-state index in [0.29, 0.717) is 18.7 Å². The molecule has 5 nitrogen and oxygen atoms in total. The maximum Gasteiger partial charge on any atom is 0.328 e. The number of carbonyl (C=O) groups excluding carboxylic acids is 2. The fraction of sp³-hybridized carbons (Fsp3) is 0.385. The van der Waals surface area contributed by atoms with Crippen LogP contribution in [0.3, 0.4) is 0 Å². The quantitative estimate of drug-likeness (QED) is 0.601. The number of methoxy groups -OCH3 is 1. The summed E-state index contributed by atoms with van der Waals surface area (Å²) in [5.41, 5.74) is 0. The number of ether oxygens (including phenoxy) is 1. The second-order valence-electron chi connectivity index (χ2n) is 4.06. The molecule has 1 aromatic rings. The Kier molecular flexibility index (Phi) is 3.82. The maximum absolute atomic E-state index is 12.0. The van der Waals surface area contributed by atoms with Crippen LogP contribution in [-0.4, -0.2) is 36.5 Å². The molecular weight excluding hydrogens is 234 g/mol. The predicted molar refractivity (Wildman–Crippen MR) is 64.5 cm³/mol. The summed E-state index contributed by atoms with van der Waals surface area (Å²) in [4.78, 5) is 25.0. The van der Waals surface area contributed by atoms with Crippen LogP contribution in [-0.2, 0) is 14.3 Å². The van der Waals surface area contributed by atoms with Gasteiger partial charge in [0.05, 0.1) is 13.4 Å². The van der Waals surface area contributed by atoms with Gasteiger partial charge in [-0.2, -0.15) is 0 Å². The Morgan fingerprint density at radius 2 is 2.39 bits per heavy atom. The van der Waals surface area contributed by atoms with Gasteiger partial charge in [-0.15, -0.1) is 0 Å². The molecule has 1 fully saturated rings. The Bertz CT molecular complexity index is 450. The van der Waals surface area contributed by atoms with Gasteiger partial charge in [0.2, 0.25) is 5.91 Å².